The van der Waals surface area contributed by atoms with E-state index in [1.165, 1.54) is 0 Å². The molecule has 0 aliphatic rings. The molecule has 1 atom stereocenters. The zero-order chi connectivity index (χ0) is 13.0. The van der Waals surface area contributed by atoms with E-state index in [0.29, 0.717) is 0 Å². The first-order valence-electron chi connectivity index (χ1n) is 6.07. The third kappa shape index (κ3) is 3.11. The maximum atomic E-state index is 5.76. The number of nitrogens with zero attached hydrogens (tertiary/aromatic N) is 2. The van der Waals surface area contributed by atoms with Crippen LogP contribution in [0.25, 0.3) is 0 Å². The molecule has 0 saturated heterocycles. The maximum absolute atomic E-state index is 5.76. The number of benzene rings is 1. The molecule has 0 fully saturated rings. The van der Waals surface area contributed by atoms with Gasteiger partial charge in [0.2, 0.25) is 0 Å². The van der Waals surface area contributed by atoms with Crippen molar-refractivity contribution < 1.29 is 4.74 Å². The Bertz CT molecular complexity index is 505. The second-order valence-corrected chi connectivity index (χ2v) is 4.53. The number of para-hydroxylation sites is 1. The summed E-state index contributed by atoms with van der Waals surface area (Å²) in [7, 11) is 1.69. The number of hydrogen-bond acceptors (Lipinski definition) is 3. The van der Waals surface area contributed by atoms with E-state index in [0.717, 1.165) is 30.0 Å². The lowest BCUT2D eigenvalue weighted by atomic mass is 10.2. The molecular weight excluding hydrogens is 226 g/mol. The van der Waals surface area contributed by atoms with Crippen molar-refractivity contribution in [2.45, 2.75) is 25.9 Å². The van der Waals surface area contributed by atoms with Crippen molar-refractivity contribution in [1.82, 2.24) is 9.55 Å². The quantitative estimate of drug-likeness (QED) is 0.874. The zero-order valence-electron chi connectivity index (χ0n) is 10.8. The van der Waals surface area contributed by atoms with E-state index in [1.807, 2.05) is 37.6 Å². The van der Waals surface area contributed by atoms with Crippen LogP contribution in [0, 0.1) is 0 Å². The molecule has 0 bridgehead atoms. The predicted molar refractivity (Wildman–Crippen MR) is 71.7 cm³/mol. The lowest BCUT2D eigenvalue weighted by Gasteiger charge is -2.08. The molecular formula is C14H19N3O. The van der Waals surface area contributed by atoms with E-state index in [2.05, 4.69) is 15.6 Å². The second kappa shape index (κ2) is 5.69. The molecule has 1 aromatic heterocycles. The molecule has 2 aromatic rings. The smallest absolute Gasteiger partial charge is 0.123 e. The molecule has 18 heavy (non-hydrogen) atoms. The van der Waals surface area contributed by atoms with Gasteiger partial charge in [-0.3, -0.25) is 0 Å². The fourth-order valence-electron chi connectivity index (χ4n) is 1.96. The second-order valence-electron chi connectivity index (χ2n) is 4.53. The van der Waals surface area contributed by atoms with Gasteiger partial charge in [0, 0.05) is 24.2 Å². The van der Waals surface area contributed by atoms with Crippen LogP contribution in [0.15, 0.2) is 36.8 Å². The van der Waals surface area contributed by atoms with Gasteiger partial charge in [0.25, 0.3) is 0 Å². The van der Waals surface area contributed by atoms with Gasteiger partial charge in [0.05, 0.1) is 25.7 Å². The highest BCUT2D eigenvalue weighted by Crippen LogP contribution is 2.18. The average Bonchev–Trinajstić information content (AvgIpc) is 2.76. The highest BCUT2D eigenvalue weighted by Gasteiger charge is 2.05. The Morgan fingerprint density at radius 3 is 2.89 bits per heavy atom. The van der Waals surface area contributed by atoms with E-state index in [1.54, 1.807) is 7.11 Å². The van der Waals surface area contributed by atoms with Crippen LogP contribution in [0.3, 0.4) is 0 Å². The van der Waals surface area contributed by atoms with Gasteiger partial charge in [-0.05, 0) is 13.0 Å². The van der Waals surface area contributed by atoms with Gasteiger partial charge in [-0.1, -0.05) is 18.2 Å². The van der Waals surface area contributed by atoms with Crippen molar-refractivity contribution in [3.8, 4) is 5.75 Å². The van der Waals surface area contributed by atoms with Crippen molar-refractivity contribution >= 4 is 0 Å². The van der Waals surface area contributed by atoms with E-state index < -0.39 is 0 Å². The molecule has 4 heteroatoms. The van der Waals surface area contributed by atoms with Crippen molar-refractivity contribution in [2.75, 3.05) is 7.11 Å². The zero-order valence-corrected chi connectivity index (χ0v) is 10.8. The van der Waals surface area contributed by atoms with Gasteiger partial charge < -0.3 is 15.0 Å². The lowest BCUT2D eigenvalue weighted by Crippen LogP contribution is -2.17. The van der Waals surface area contributed by atoms with Gasteiger partial charge in [0.15, 0.2) is 0 Å². The third-order valence-electron chi connectivity index (χ3n) is 2.76. The molecule has 0 aliphatic heterocycles. The number of imidazole rings is 1. The number of rotatable bonds is 5. The predicted octanol–water partition coefficient (Wildman–Crippen LogP) is 1.83. The van der Waals surface area contributed by atoms with Crippen LogP contribution >= 0.6 is 0 Å². The first-order valence-corrected chi connectivity index (χ1v) is 6.07. The first kappa shape index (κ1) is 12.6. The molecule has 1 unspecified atom stereocenters. The number of ether oxygens (including phenoxy) is 1. The number of methoxy groups -OCH3 is 1. The normalized spacial score (nSPS) is 12.4. The summed E-state index contributed by atoms with van der Waals surface area (Å²) in [5.41, 5.74) is 7.93. The van der Waals surface area contributed by atoms with Crippen molar-refractivity contribution in [3.05, 3.63) is 48.0 Å². The number of hydrogen-bond donors (Lipinski definition) is 1. The summed E-state index contributed by atoms with van der Waals surface area (Å²) in [6, 6.07) is 8.15. The monoisotopic (exact) mass is 245 g/mol. The fraction of sp³-hybridized carbons (Fsp3) is 0.357. The Morgan fingerprint density at radius 1 is 1.39 bits per heavy atom. The SMILES string of the molecule is COc1ccccc1Cn1cnc(CC(C)N)c1. The summed E-state index contributed by atoms with van der Waals surface area (Å²) in [6.45, 7) is 2.75. The van der Waals surface area contributed by atoms with Crippen molar-refractivity contribution in [2.24, 2.45) is 5.73 Å². The molecule has 0 spiro atoms. The summed E-state index contributed by atoms with van der Waals surface area (Å²) in [6.07, 6.45) is 4.68. The van der Waals surface area contributed by atoms with E-state index in [-0.39, 0.29) is 6.04 Å². The van der Waals surface area contributed by atoms with E-state index in [9.17, 15) is 0 Å². The van der Waals surface area contributed by atoms with Crippen LogP contribution < -0.4 is 10.5 Å². The molecule has 2 rings (SSSR count). The molecule has 0 aliphatic carbocycles. The standard InChI is InChI=1S/C14H19N3O/c1-11(15)7-13-9-17(10-16-13)8-12-5-3-4-6-14(12)18-2/h3-6,9-11H,7-8,15H2,1-2H3. The summed E-state index contributed by atoms with van der Waals surface area (Å²) in [5.74, 6) is 0.903. The maximum Gasteiger partial charge on any atom is 0.123 e. The van der Waals surface area contributed by atoms with Crippen molar-refractivity contribution in [1.29, 1.82) is 0 Å². The highest BCUT2D eigenvalue weighted by molar-refractivity contribution is 5.33. The summed E-state index contributed by atoms with van der Waals surface area (Å²) in [5, 5.41) is 0. The molecule has 1 aromatic carbocycles. The molecule has 0 radical (unpaired) electrons. The number of aromatic nitrogens is 2. The van der Waals surface area contributed by atoms with Crippen LogP contribution in [0.4, 0.5) is 0 Å². The first-order chi connectivity index (χ1) is 8.69. The topological polar surface area (TPSA) is 53.1 Å². The minimum Gasteiger partial charge on any atom is -0.496 e. The van der Waals surface area contributed by atoms with Gasteiger partial charge in [-0.2, -0.15) is 0 Å². The minimum absolute atomic E-state index is 0.139. The molecule has 4 nitrogen and oxygen atoms in total. The van der Waals surface area contributed by atoms with Crippen LogP contribution in [0.1, 0.15) is 18.2 Å². The van der Waals surface area contributed by atoms with Crippen molar-refractivity contribution in [3.63, 3.8) is 0 Å². The van der Waals surface area contributed by atoms with Crippen LogP contribution in [0.2, 0.25) is 0 Å². The Hall–Kier alpha value is -1.81. The third-order valence-corrected chi connectivity index (χ3v) is 2.76. The largest absolute Gasteiger partial charge is 0.496 e. The fourth-order valence-corrected chi connectivity index (χ4v) is 1.96. The molecule has 2 N–H and O–H groups in total. The molecule has 0 saturated carbocycles. The summed E-state index contributed by atoms with van der Waals surface area (Å²) >= 11 is 0. The van der Waals surface area contributed by atoms with Gasteiger partial charge >= 0.3 is 0 Å². The Balaban J connectivity index is 2.11. The molecule has 1 heterocycles. The van der Waals surface area contributed by atoms with E-state index in [4.69, 9.17) is 10.5 Å². The highest BCUT2D eigenvalue weighted by atomic mass is 16.5. The number of nitrogens with two attached hydrogens (primary N) is 1. The summed E-state index contributed by atoms with van der Waals surface area (Å²) < 4.78 is 7.39. The minimum atomic E-state index is 0.139. The summed E-state index contributed by atoms with van der Waals surface area (Å²) in [4.78, 5) is 4.35. The molecule has 0 amide bonds. The van der Waals surface area contributed by atoms with Gasteiger partial charge in [-0.15, -0.1) is 0 Å². The molecule has 96 valence electrons. The average molecular weight is 245 g/mol. The van der Waals surface area contributed by atoms with E-state index >= 15 is 0 Å². The van der Waals surface area contributed by atoms with Crippen LogP contribution in [-0.4, -0.2) is 22.7 Å². The van der Waals surface area contributed by atoms with Gasteiger partial charge in [-0.25, -0.2) is 4.98 Å². The van der Waals surface area contributed by atoms with Crippen LogP contribution in [-0.2, 0) is 13.0 Å². The Morgan fingerprint density at radius 2 is 2.17 bits per heavy atom. The van der Waals surface area contributed by atoms with Gasteiger partial charge in [0.1, 0.15) is 5.75 Å². The Kier molecular flexibility index (Phi) is 3.99. The van der Waals surface area contributed by atoms with Crippen LogP contribution in [0.5, 0.6) is 5.75 Å². The Labute approximate surface area is 107 Å². The lowest BCUT2D eigenvalue weighted by molar-refractivity contribution is 0.408.